The highest BCUT2D eigenvalue weighted by Gasteiger charge is 2.48. The summed E-state index contributed by atoms with van der Waals surface area (Å²) in [6.07, 6.45) is -13.7. The molecule has 1 aromatic rings. The molecule has 2 unspecified atom stereocenters. The third-order valence-electron chi connectivity index (χ3n) is 8.72. The highest BCUT2D eigenvalue weighted by molar-refractivity contribution is 5.89. The molecule has 50 heavy (non-hydrogen) atoms. The molecule has 12 N–H and O–H groups in total. The smallest absolute Gasteiger partial charge is 0.373 e. The summed E-state index contributed by atoms with van der Waals surface area (Å²) in [4.78, 5) is 35.6. The van der Waals surface area contributed by atoms with Crippen molar-refractivity contribution >= 4 is 29.8 Å². The summed E-state index contributed by atoms with van der Waals surface area (Å²) in [5, 5.41) is 113. The first kappa shape index (κ1) is 37.0. The number of fused-ring (bicyclic) bond motifs is 1. The van der Waals surface area contributed by atoms with Crippen molar-refractivity contribution in [3.05, 3.63) is 41.1 Å². The number of nitrogens with zero attached hydrogens (tertiary/aromatic N) is 1. The van der Waals surface area contributed by atoms with Crippen molar-refractivity contribution in [1.82, 2.24) is 5.32 Å². The first-order valence-electron chi connectivity index (χ1n) is 15.3. The first-order valence-corrected chi connectivity index (χ1v) is 15.3. The van der Waals surface area contributed by atoms with E-state index in [9.17, 15) is 70.6 Å². The lowest BCUT2D eigenvalue weighted by molar-refractivity contribution is -0.456. The molecular formula is C30H37N2O18+. The summed E-state index contributed by atoms with van der Waals surface area (Å²) in [7, 11) is 0. The van der Waals surface area contributed by atoms with Crippen molar-refractivity contribution in [3.63, 3.8) is 0 Å². The number of ether oxygens (including phenoxy) is 4. The second-order valence-electron chi connectivity index (χ2n) is 12.0. The molecule has 12 atom stereocenters. The van der Waals surface area contributed by atoms with Gasteiger partial charge in [-0.1, -0.05) is 0 Å². The van der Waals surface area contributed by atoms with Gasteiger partial charge >= 0.3 is 17.9 Å². The van der Waals surface area contributed by atoms with Gasteiger partial charge in [0, 0.05) is 18.1 Å². The number of allylic oxidation sites excluding steroid dienone is 2. The van der Waals surface area contributed by atoms with Crippen molar-refractivity contribution < 1.29 is 94.1 Å². The Morgan fingerprint density at radius 1 is 0.780 bits per heavy atom. The van der Waals surface area contributed by atoms with E-state index in [4.69, 9.17) is 18.9 Å². The number of aliphatic carboxylic acids is 3. The van der Waals surface area contributed by atoms with Crippen LogP contribution in [0.5, 0.6) is 11.5 Å². The fourth-order valence-electron chi connectivity index (χ4n) is 5.95. The summed E-state index contributed by atoms with van der Waals surface area (Å²) >= 11 is 0. The fraction of sp³-hybridized carbons (Fsp3) is 0.533. The number of carboxylic acid groups (broad SMARTS) is 3. The number of carbonyl (C=O) groups is 3. The fourth-order valence-corrected chi connectivity index (χ4v) is 5.95. The van der Waals surface area contributed by atoms with Gasteiger partial charge in [0.1, 0.15) is 60.6 Å². The minimum Gasteiger partial charge on any atom is -0.480 e. The molecule has 2 saturated heterocycles. The summed E-state index contributed by atoms with van der Waals surface area (Å²) in [5.74, 6) is -4.69. The van der Waals surface area contributed by atoms with Crippen LogP contribution in [0.4, 0.5) is 5.69 Å². The lowest BCUT2D eigenvalue weighted by Gasteiger charge is -2.40. The molecule has 5 rings (SSSR count). The van der Waals surface area contributed by atoms with E-state index in [2.05, 4.69) is 5.32 Å². The number of hydrogen-bond acceptors (Lipinski definition) is 16. The van der Waals surface area contributed by atoms with Gasteiger partial charge in [0.05, 0.1) is 25.7 Å². The Bertz CT molecular complexity index is 1570. The van der Waals surface area contributed by atoms with Gasteiger partial charge in [-0.05, 0) is 17.7 Å². The monoisotopic (exact) mass is 713 g/mol. The van der Waals surface area contributed by atoms with Crippen molar-refractivity contribution in [2.45, 2.75) is 86.3 Å². The zero-order valence-corrected chi connectivity index (χ0v) is 25.9. The average Bonchev–Trinajstić information content (AvgIpc) is 3.44. The second-order valence-corrected chi connectivity index (χ2v) is 12.0. The minimum absolute atomic E-state index is 0.154. The highest BCUT2D eigenvalue weighted by atomic mass is 16.7. The van der Waals surface area contributed by atoms with Crippen molar-refractivity contribution in [3.8, 4) is 11.5 Å². The van der Waals surface area contributed by atoms with E-state index < -0.39 is 110 Å². The van der Waals surface area contributed by atoms with Crippen LogP contribution in [0, 0.1) is 0 Å². The Balaban J connectivity index is 1.58. The van der Waals surface area contributed by atoms with E-state index in [-0.39, 0.29) is 35.6 Å². The van der Waals surface area contributed by atoms with Crippen LogP contribution in [0.15, 0.2) is 35.6 Å². The van der Waals surface area contributed by atoms with E-state index in [1.165, 1.54) is 35.1 Å². The zero-order chi connectivity index (χ0) is 36.6. The first-order chi connectivity index (χ1) is 23.6. The lowest BCUT2D eigenvalue weighted by Crippen LogP contribution is -2.60. The maximum Gasteiger partial charge on any atom is 0.373 e. The van der Waals surface area contributed by atoms with Gasteiger partial charge in [-0.25, -0.2) is 14.4 Å². The Hall–Kier alpha value is -4.22. The third-order valence-corrected chi connectivity index (χ3v) is 8.72. The molecule has 0 amide bonds. The molecule has 0 aliphatic carbocycles. The molecule has 20 nitrogen and oxygen atoms in total. The topological polar surface area (TPSA) is 326 Å². The number of aliphatic hydroxyl groups excluding tert-OH is 8. The SMILES string of the molecule is O=C(O)C1=CC(=CC=[N+]2c3cc(O[C@@H]4O[C@H](CO)[C@@H](O)[C@H](O)[C@H]4O)c(O[C@@H]4O[C@H](CO)[C@@H](O)[C@H](O)[C@H]4O)cc3CC2C(=O)O)CC(C(=O)O)N1. The average molecular weight is 714 g/mol. The summed E-state index contributed by atoms with van der Waals surface area (Å²) in [6, 6.07) is -0.0628. The number of benzene rings is 1. The molecule has 2 fully saturated rings. The van der Waals surface area contributed by atoms with E-state index in [1.807, 2.05) is 0 Å². The molecule has 0 bridgehead atoms. The van der Waals surface area contributed by atoms with E-state index in [0.717, 1.165) is 0 Å². The van der Waals surface area contributed by atoms with Gasteiger partial charge in [0.15, 0.2) is 17.7 Å². The maximum atomic E-state index is 12.4. The molecule has 4 aliphatic rings. The van der Waals surface area contributed by atoms with Crippen LogP contribution in [-0.4, -0.2) is 172 Å². The van der Waals surface area contributed by atoms with Crippen molar-refractivity contribution in [2.75, 3.05) is 13.2 Å². The van der Waals surface area contributed by atoms with Crippen LogP contribution in [0.3, 0.4) is 0 Å². The van der Waals surface area contributed by atoms with Gasteiger partial charge in [-0.15, -0.1) is 0 Å². The molecule has 0 aromatic heterocycles. The Morgan fingerprint density at radius 3 is 1.80 bits per heavy atom. The summed E-state index contributed by atoms with van der Waals surface area (Å²) in [5.41, 5.74) is 0.279. The van der Waals surface area contributed by atoms with Gasteiger partial charge in [-0.3, -0.25) is 0 Å². The highest BCUT2D eigenvalue weighted by Crippen LogP contribution is 2.42. The Labute approximate surface area is 281 Å². The lowest BCUT2D eigenvalue weighted by atomic mass is 9.99. The number of nitrogens with one attached hydrogen (secondary N) is 1. The maximum absolute atomic E-state index is 12.4. The minimum atomic E-state index is -1.90. The summed E-state index contributed by atoms with van der Waals surface area (Å²) in [6.45, 7) is -1.58. The predicted octanol–water partition coefficient (Wildman–Crippen LogP) is -4.89. The number of aliphatic hydroxyl groups is 8. The summed E-state index contributed by atoms with van der Waals surface area (Å²) < 4.78 is 23.8. The quantitative estimate of drug-likeness (QED) is 0.101. The molecule has 1 aromatic carbocycles. The van der Waals surface area contributed by atoms with E-state index >= 15 is 0 Å². The van der Waals surface area contributed by atoms with Crippen LogP contribution in [0.25, 0.3) is 0 Å². The van der Waals surface area contributed by atoms with Crippen LogP contribution in [0.1, 0.15) is 12.0 Å². The number of rotatable bonds is 10. The van der Waals surface area contributed by atoms with Crippen LogP contribution in [0.2, 0.25) is 0 Å². The third kappa shape index (κ3) is 7.30. The molecule has 20 heteroatoms. The van der Waals surface area contributed by atoms with Crippen molar-refractivity contribution in [2.24, 2.45) is 0 Å². The molecule has 0 saturated carbocycles. The molecule has 0 spiro atoms. The van der Waals surface area contributed by atoms with Gasteiger partial charge in [0.25, 0.3) is 6.04 Å². The molecular weight excluding hydrogens is 676 g/mol. The standard InChI is InChI=1S/C30H36N2O18/c33-8-18-20(35)22(37)24(39)29(49-18)47-16-6-11-5-15(28(45)46)32(2-1-10-3-12(26(41)42)31-13(4-10)27(43)44)14(11)7-17(16)48-30-25(40)23(38)21(36)19(9-34)50-30/h1-3,6-7,13,15,18-25,29-30,33-40H,4-5,8-9H2,(H3,41,42,43,44,45,46)/p+1/t13?,15?,18-,19-,20-,21-,22+,23+,24-,25-,29-,30-/m1/s1. The molecule has 274 valence electrons. The number of carboxylic acids is 3. The van der Waals surface area contributed by atoms with E-state index in [0.29, 0.717) is 5.56 Å². The van der Waals surface area contributed by atoms with Crippen LogP contribution >= 0.6 is 0 Å². The Morgan fingerprint density at radius 2 is 1.32 bits per heavy atom. The normalized spacial score (nSPS) is 37.1. The van der Waals surface area contributed by atoms with Crippen molar-refractivity contribution in [1.29, 1.82) is 0 Å². The van der Waals surface area contributed by atoms with Gasteiger partial charge in [-0.2, -0.15) is 4.58 Å². The zero-order valence-electron chi connectivity index (χ0n) is 25.9. The van der Waals surface area contributed by atoms with Gasteiger partial charge < -0.3 is 80.4 Å². The van der Waals surface area contributed by atoms with Crippen LogP contribution in [-0.2, 0) is 30.3 Å². The number of hydrogen-bond donors (Lipinski definition) is 12. The Kier molecular flexibility index (Phi) is 11.1. The van der Waals surface area contributed by atoms with Gasteiger partial charge in [0.2, 0.25) is 18.3 Å². The molecule has 4 aliphatic heterocycles. The molecule has 0 radical (unpaired) electrons. The second kappa shape index (κ2) is 14.9. The largest absolute Gasteiger partial charge is 0.480 e. The van der Waals surface area contributed by atoms with E-state index in [1.54, 1.807) is 0 Å². The predicted molar refractivity (Wildman–Crippen MR) is 159 cm³/mol. The van der Waals surface area contributed by atoms with Crippen LogP contribution < -0.4 is 14.8 Å². The molecule has 4 heterocycles.